The number of rotatable bonds is 7. The first-order chi connectivity index (χ1) is 8.69. The predicted octanol–water partition coefficient (Wildman–Crippen LogP) is 2.87. The second-order valence-corrected chi connectivity index (χ2v) is 5.07. The molecule has 0 bridgehead atoms. The Balaban J connectivity index is 0.00000324. The number of carbonyl (C=O) groups is 1. The Kier molecular flexibility index (Phi) is 9.74. The molecule has 0 unspecified atom stereocenters. The molecule has 19 heavy (non-hydrogen) atoms. The van der Waals surface area contributed by atoms with Gasteiger partial charge in [0.15, 0.2) is 0 Å². The van der Waals surface area contributed by atoms with Crippen molar-refractivity contribution in [1.82, 2.24) is 10.6 Å². The van der Waals surface area contributed by atoms with E-state index in [0.29, 0.717) is 6.54 Å². The van der Waals surface area contributed by atoms with Gasteiger partial charge >= 0.3 is 0 Å². The molecule has 1 aromatic rings. The highest BCUT2D eigenvalue weighted by atomic mass is 35.5. The van der Waals surface area contributed by atoms with E-state index < -0.39 is 0 Å². The minimum absolute atomic E-state index is 0. The zero-order chi connectivity index (χ0) is 13.4. The quantitative estimate of drug-likeness (QED) is 0.601. The number of hydrogen-bond acceptors (Lipinski definition) is 3. The van der Waals surface area contributed by atoms with Crippen LogP contribution in [0.15, 0.2) is 23.1 Å². The molecule has 0 aliphatic carbocycles. The Bertz CT molecular complexity index is 399. The van der Waals surface area contributed by atoms with Crippen LogP contribution in [0.1, 0.15) is 29.3 Å². The number of carbonyl (C=O) groups excluding carboxylic acids is 1. The Morgan fingerprint density at radius 2 is 2.00 bits per heavy atom. The maximum atomic E-state index is 12.0. The molecule has 0 saturated carbocycles. The first kappa shape index (κ1) is 18.3. The smallest absolute Gasteiger partial charge is 0.251 e. The third-order valence-electron chi connectivity index (χ3n) is 2.70. The van der Waals surface area contributed by atoms with Crippen LogP contribution in [0.4, 0.5) is 0 Å². The van der Waals surface area contributed by atoms with Crippen molar-refractivity contribution in [3.63, 3.8) is 0 Å². The van der Waals surface area contributed by atoms with Gasteiger partial charge in [-0.1, -0.05) is 13.0 Å². The maximum Gasteiger partial charge on any atom is 0.251 e. The molecule has 0 spiro atoms. The third-order valence-corrected chi connectivity index (χ3v) is 3.43. The number of thioether (sulfide) groups is 1. The Morgan fingerprint density at radius 1 is 1.26 bits per heavy atom. The topological polar surface area (TPSA) is 41.1 Å². The lowest BCUT2D eigenvalue weighted by atomic mass is 10.1. The van der Waals surface area contributed by atoms with Crippen LogP contribution in [0.5, 0.6) is 0 Å². The minimum Gasteiger partial charge on any atom is -0.351 e. The fraction of sp³-hybridized carbons (Fsp3) is 0.500. The Labute approximate surface area is 126 Å². The molecule has 1 aromatic carbocycles. The van der Waals surface area contributed by atoms with Gasteiger partial charge in [0.05, 0.1) is 0 Å². The second-order valence-electron chi connectivity index (χ2n) is 4.19. The van der Waals surface area contributed by atoms with Crippen LogP contribution in [-0.4, -0.2) is 31.8 Å². The summed E-state index contributed by atoms with van der Waals surface area (Å²) in [6.07, 6.45) is 3.13. The van der Waals surface area contributed by atoms with Crippen LogP contribution < -0.4 is 10.6 Å². The van der Waals surface area contributed by atoms with Gasteiger partial charge in [-0.25, -0.2) is 0 Å². The maximum absolute atomic E-state index is 12.0. The van der Waals surface area contributed by atoms with E-state index in [1.807, 2.05) is 31.4 Å². The van der Waals surface area contributed by atoms with Crippen molar-refractivity contribution in [3.05, 3.63) is 29.3 Å². The summed E-state index contributed by atoms with van der Waals surface area (Å²) in [5.74, 6) is 0.0155. The molecule has 0 aliphatic heterocycles. The summed E-state index contributed by atoms with van der Waals surface area (Å²) in [5, 5.41) is 6.20. The van der Waals surface area contributed by atoms with E-state index in [4.69, 9.17) is 0 Å². The summed E-state index contributed by atoms with van der Waals surface area (Å²) in [5.41, 5.74) is 1.80. The van der Waals surface area contributed by atoms with Crippen LogP contribution in [0, 0.1) is 6.92 Å². The van der Waals surface area contributed by atoms with Crippen molar-refractivity contribution in [2.75, 3.05) is 25.9 Å². The average Bonchev–Trinajstić information content (AvgIpc) is 2.39. The van der Waals surface area contributed by atoms with Crippen molar-refractivity contribution < 1.29 is 4.79 Å². The molecule has 1 rings (SSSR count). The molecule has 0 fully saturated rings. The average molecular weight is 303 g/mol. The molecular formula is C14H23ClN2OS. The fourth-order valence-corrected chi connectivity index (χ4v) is 2.07. The number of nitrogens with one attached hydrogen (secondary N) is 2. The molecule has 0 radical (unpaired) electrons. The number of benzene rings is 1. The van der Waals surface area contributed by atoms with Gasteiger partial charge in [-0.3, -0.25) is 4.79 Å². The summed E-state index contributed by atoms with van der Waals surface area (Å²) < 4.78 is 0. The van der Waals surface area contributed by atoms with E-state index in [1.165, 1.54) is 0 Å². The lowest BCUT2D eigenvalue weighted by Gasteiger charge is -2.09. The molecular weight excluding hydrogens is 280 g/mol. The van der Waals surface area contributed by atoms with Crippen molar-refractivity contribution in [1.29, 1.82) is 0 Å². The lowest BCUT2D eigenvalue weighted by molar-refractivity contribution is 0.0953. The van der Waals surface area contributed by atoms with Crippen molar-refractivity contribution >= 4 is 30.1 Å². The summed E-state index contributed by atoms with van der Waals surface area (Å²) in [6.45, 7) is 6.58. The molecule has 3 nitrogen and oxygen atoms in total. The molecule has 0 aliphatic rings. The summed E-state index contributed by atoms with van der Waals surface area (Å²) in [7, 11) is 0. The minimum atomic E-state index is 0. The van der Waals surface area contributed by atoms with E-state index in [9.17, 15) is 4.79 Å². The normalized spacial score (nSPS) is 9.84. The van der Waals surface area contributed by atoms with Crippen molar-refractivity contribution in [3.8, 4) is 0 Å². The molecule has 108 valence electrons. The van der Waals surface area contributed by atoms with Gasteiger partial charge in [0, 0.05) is 23.5 Å². The third kappa shape index (κ3) is 6.32. The largest absolute Gasteiger partial charge is 0.351 e. The molecule has 5 heteroatoms. The Morgan fingerprint density at radius 3 is 2.63 bits per heavy atom. The lowest BCUT2D eigenvalue weighted by Crippen LogP contribution is -2.32. The van der Waals surface area contributed by atoms with Crippen molar-refractivity contribution in [2.24, 2.45) is 0 Å². The summed E-state index contributed by atoms with van der Waals surface area (Å²) >= 11 is 1.65. The highest BCUT2D eigenvalue weighted by Gasteiger charge is 2.08. The van der Waals surface area contributed by atoms with Gasteiger partial charge in [0.2, 0.25) is 0 Å². The SMILES string of the molecule is CCCNCCNC(=O)c1cc(SC)ccc1C.Cl. The highest BCUT2D eigenvalue weighted by molar-refractivity contribution is 7.98. The highest BCUT2D eigenvalue weighted by Crippen LogP contribution is 2.18. The van der Waals surface area contributed by atoms with E-state index in [2.05, 4.69) is 17.6 Å². The molecule has 0 atom stereocenters. The number of aryl methyl sites for hydroxylation is 1. The van der Waals surface area contributed by atoms with Gasteiger partial charge in [-0.15, -0.1) is 24.2 Å². The zero-order valence-electron chi connectivity index (χ0n) is 11.8. The molecule has 1 amide bonds. The van der Waals surface area contributed by atoms with E-state index in [-0.39, 0.29) is 18.3 Å². The van der Waals surface area contributed by atoms with Crippen LogP contribution in [-0.2, 0) is 0 Å². The van der Waals surface area contributed by atoms with Gasteiger partial charge < -0.3 is 10.6 Å². The van der Waals surface area contributed by atoms with Gasteiger partial charge in [0.25, 0.3) is 5.91 Å². The van der Waals surface area contributed by atoms with Gasteiger partial charge in [-0.2, -0.15) is 0 Å². The first-order valence-corrected chi connectivity index (χ1v) is 7.55. The molecule has 2 N–H and O–H groups in total. The van der Waals surface area contributed by atoms with Crippen LogP contribution >= 0.6 is 24.2 Å². The standard InChI is InChI=1S/C14H22N2OS.ClH/c1-4-7-15-8-9-16-14(17)13-10-12(18-3)6-5-11(13)2;/h5-6,10,15H,4,7-9H2,1-3H3,(H,16,17);1H. The number of halogens is 1. The van der Waals surface area contributed by atoms with Gasteiger partial charge in [0.1, 0.15) is 0 Å². The van der Waals surface area contributed by atoms with Crippen molar-refractivity contribution in [2.45, 2.75) is 25.2 Å². The number of amides is 1. The molecule has 0 heterocycles. The Hall–Kier alpha value is -0.710. The van der Waals surface area contributed by atoms with E-state index >= 15 is 0 Å². The summed E-state index contributed by atoms with van der Waals surface area (Å²) in [6, 6.07) is 5.99. The predicted molar refractivity (Wildman–Crippen MR) is 85.7 cm³/mol. The fourth-order valence-electron chi connectivity index (χ4n) is 1.63. The van der Waals surface area contributed by atoms with Crippen LogP contribution in [0.25, 0.3) is 0 Å². The molecule has 0 aromatic heterocycles. The number of hydrogen-bond donors (Lipinski definition) is 2. The zero-order valence-corrected chi connectivity index (χ0v) is 13.4. The van der Waals surface area contributed by atoms with E-state index in [0.717, 1.165) is 35.5 Å². The monoisotopic (exact) mass is 302 g/mol. The van der Waals surface area contributed by atoms with Gasteiger partial charge in [-0.05, 0) is 43.8 Å². The van der Waals surface area contributed by atoms with E-state index in [1.54, 1.807) is 11.8 Å². The first-order valence-electron chi connectivity index (χ1n) is 6.32. The molecule has 0 saturated heterocycles. The van der Waals surface area contributed by atoms with Crippen LogP contribution in [0.3, 0.4) is 0 Å². The second kappa shape index (κ2) is 10.1. The summed E-state index contributed by atoms with van der Waals surface area (Å²) in [4.78, 5) is 13.1. The van der Waals surface area contributed by atoms with Crippen LogP contribution in [0.2, 0.25) is 0 Å².